The second-order valence-corrected chi connectivity index (χ2v) is 8.65. The molecule has 0 aliphatic carbocycles. The maximum Gasteiger partial charge on any atom is 0.288 e. The number of allylic oxidation sites excluding steroid dienone is 1. The van der Waals surface area contributed by atoms with Crippen molar-refractivity contribution in [3.8, 4) is 0 Å². The number of unbranched alkanes of at least 4 members (excludes halogenated alkanes) is 1. The minimum atomic E-state index is -0.378. The van der Waals surface area contributed by atoms with E-state index in [1.165, 1.54) is 19.3 Å². The van der Waals surface area contributed by atoms with Gasteiger partial charge in [-0.25, -0.2) is 0 Å². The average Bonchev–Trinajstić information content (AvgIpc) is 2.57. The Hall–Kier alpha value is -1.07. The highest BCUT2D eigenvalue weighted by molar-refractivity contribution is 5.91. The molecule has 0 aromatic rings. The van der Waals surface area contributed by atoms with Crippen molar-refractivity contribution in [1.82, 2.24) is 4.90 Å². The fraction of sp³-hybridized carbons (Fsp3) is 0.857. The first kappa shape index (κ1) is 21.2. The molecule has 0 radical (unpaired) electrons. The Bertz CT molecular complexity index is 461. The highest BCUT2D eigenvalue weighted by Crippen LogP contribution is 2.37. The standard InChI is InChI=1S/C21H37NO4/c1-21(2,3)17-15-18(26-19(16-17)25-14-10-9-13-23)20(24)22-11-7-5-4-6-8-12-22/h15,17,19,23H,4-14,16H2,1-3H3/t17-,19+/m1/s1. The van der Waals surface area contributed by atoms with Crippen LogP contribution in [0.3, 0.4) is 0 Å². The zero-order valence-corrected chi connectivity index (χ0v) is 16.8. The van der Waals surface area contributed by atoms with E-state index < -0.39 is 0 Å². The summed E-state index contributed by atoms with van der Waals surface area (Å²) in [5.41, 5.74) is 0.0539. The Labute approximate surface area is 158 Å². The Morgan fingerprint density at radius 1 is 1.19 bits per heavy atom. The minimum absolute atomic E-state index is 0.0183. The smallest absolute Gasteiger partial charge is 0.288 e. The van der Waals surface area contributed by atoms with E-state index in [0.29, 0.717) is 12.4 Å². The summed E-state index contributed by atoms with van der Waals surface area (Å²) in [5, 5.41) is 8.91. The van der Waals surface area contributed by atoms with Gasteiger partial charge in [0.05, 0.1) is 6.61 Å². The van der Waals surface area contributed by atoms with E-state index in [9.17, 15) is 4.79 Å². The molecule has 1 N–H and O–H groups in total. The molecule has 150 valence electrons. The van der Waals surface area contributed by atoms with E-state index in [4.69, 9.17) is 14.6 Å². The van der Waals surface area contributed by atoms with Gasteiger partial charge in [-0.05, 0) is 43.1 Å². The highest BCUT2D eigenvalue weighted by atomic mass is 16.7. The van der Waals surface area contributed by atoms with E-state index in [2.05, 4.69) is 20.8 Å². The van der Waals surface area contributed by atoms with Crippen molar-refractivity contribution in [3.63, 3.8) is 0 Å². The van der Waals surface area contributed by atoms with Crippen LogP contribution in [0.1, 0.15) is 72.1 Å². The van der Waals surface area contributed by atoms with Crippen molar-refractivity contribution in [2.75, 3.05) is 26.3 Å². The number of hydrogen-bond donors (Lipinski definition) is 1. The number of ether oxygens (including phenoxy) is 2. The Kier molecular flexibility index (Phi) is 8.42. The van der Waals surface area contributed by atoms with Gasteiger partial charge in [0.1, 0.15) is 0 Å². The van der Waals surface area contributed by atoms with E-state index in [0.717, 1.165) is 45.2 Å². The number of hydrogen-bond acceptors (Lipinski definition) is 4. The molecule has 0 aromatic heterocycles. The molecule has 1 amide bonds. The summed E-state index contributed by atoms with van der Waals surface area (Å²) >= 11 is 0. The van der Waals surface area contributed by atoms with E-state index in [1.807, 2.05) is 11.0 Å². The average molecular weight is 368 g/mol. The molecule has 2 heterocycles. The maximum absolute atomic E-state index is 13.1. The molecule has 0 saturated carbocycles. The third kappa shape index (κ3) is 6.58. The Balaban J connectivity index is 2.04. The molecule has 2 aliphatic heterocycles. The van der Waals surface area contributed by atoms with Crippen LogP contribution in [0.25, 0.3) is 0 Å². The van der Waals surface area contributed by atoms with Crippen molar-refractivity contribution in [2.24, 2.45) is 11.3 Å². The number of aliphatic hydroxyl groups excluding tert-OH is 1. The van der Waals surface area contributed by atoms with E-state index in [-0.39, 0.29) is 30.1 Å². The molecule has 2 rings (SSSR count). The molecule has 5 nitrogen and oxygen atoms in total. The summed E-state index contributed by atoms with van der Waals surface area (Å²) in [6, 6.07) is 0. The number of carbonyl (C=O) groups is 1. The lowest BCUT2D eigenvalue weighted by molar-refractivity contribution is -0.158. The largest absolute Gasteiger partial charge is 0.459 e. The second-order valence-electron chi connectivity index (χ2n) is 8.65. The molecule has 26 heavy (non-hydrogen) atoms. The second kappa shape index (κ2) is 10.3. The van der Waals surface area contributed by atoms with Gasteiger partial charge < -0.3 is 19.5 Å². The predicted molar refractivity (Wildman–Crippen MR) is 102 cm³/mol. The fourth-order valence-electron chi connectivity index (χ4n) is 3.55. The summed E-state index contributed by atoms with van der Waals surface area (Å²) in [7, 11) is 0. The lowest BCUT2D eigenvalue weighted by atomic mass is 9.77. The van der Waals surface area contributed by atoms with Crippen molar-refractivity contribution in [1.29, 1.82) is 0 Å². The van der Waals surface area contributed by atoms with Crippen molar-refractivity contribution < 1.29 is 19.4 Å². The molecule has 1 saturated heterocycles. The number of rotatable bonds is 6. The number of nitrogens with zero attached hydrogens (tertiary/aromatic N) is 1. The lowest BCUT2D eigenvalue weighted by Gasteiger charge is -2.37. The van der Waals surface area contributed by atoms with Crippen molar-refractivity contribution >= 4 is 5.91 Å². The highest BCUT2D eigenvalue weighted by Gasteiger charge is 2.35. The first-order valence-corrected chi connectivity index (χ1v) is 10.3. The van der Waals surface area contributed by atoms with E-state index >= 15 is 0 Å². The molecule has 2 aliphatic rings. The third-order valence-electron chi connectivity index (χ3n) is 5.38. The molecule has 0 spiro atoms. The van der Waals surface area contributed by atoms with Crippen LogP contribution in [0.2, 0.25) is 0 Å². The molecular formula is C21H37NO4. The zero-order valence-electron chi connectivity index (χ0n) is 16.8. The van der Waals surface area contributed by atoms with Gasteiger partial charge in [-0.15, -0.1) is 0 Å². The molecule has 5 heteroatoms. The first-order chi connectivity index (χ1) is 12.4. The molecule has 2 atom stereocenters. The van der Waals surface area contributed by atoms with Gasteiger partial charge in [0, 0.05) is 26.1 Å². The van der Waals surface area contributed by atoms with Gasteiger partial charge in [-0.3, -0.25) is 4.79 Å². The van der Waals surface area contributed by atoms with Gasteiger partial charge in [0.2, 0.25) is 6.29 Å². The molecular weight excluding hydrogens is 330 g/mol. The van der Waals surface area contributed by atoms with Gasteiger partial charge in [0.25, 0.3) is 5.91 Å². The van der Waals surface area contributed by atoms with Crippen LogP contribution < -0.4 is 0 Å². The van der Waals surface area contributed by atoms with Crippen LogP contribution in [-0.4, -0.2) is 48.5 Å². The van der Waals surface area contributed by atoms with Crippen LogP contribution in [0.15, 0.2) is 11.8 Å². The molecule has 0 aromatic carbocycles. The fourth-order valence-corrected chi connectivity index (χ4v) is 3.55. The molecule has 1 fully saturated rings. The molecule has 0 bridgehead atoms. The Morgan fingerprint density at radius 3 is 2.46 bits per heavy atom. The van der Waals surface area contributed by atoms with Gasteiger partial charge in [0.15, 0.2) is 5.76 Å². The SMILES string of the molecule is CC(C)(C)[C@@H]1C=C(C(=O)N2CCCCCCC2)O[C@H](OCCCCO)C1. The summed E-state index contributed by atoms with van der Waals surface area (Å²) in [6.07, 6.45) is 9.75. The number of aliphatic hydroxyl groups is 1. The van der Waals surface area contributed by atoms with Gasteiger partial charge >= 0.3 is 0 Å². The Morgan fingerprint density at radius 2 is 1.85 bits per heavy atom. The maximum atomic E-state index is 13.1. The first-order valence-electron chi connectivity index (χ1n) is 10.3. The predicted octanol–water partition coefficient (Wildman–Crippen LogP) is 3.86. The summed E-state index contributed by atoms with van der Waals surface area (Å²) in [5.74, 6) is 0.724. The summed E-state index contributed by atoms with van der Waals surface area (Å²) < 4.78 is 11.8. The molecule has 0 unspecified atom stereocenters. The van der Waals surface area contributed by atoms with Crippen LogP contribution in [0.5, 0.6) is 0 Å². The van der Waals surface area contributed by atoms with Crippen molar-refractivity contribution in [3.05, 3.63) is 11.8 Å². The number of carbonyl (C=O) groups excluding carboxylic acids is 1. The van der Waals surface area contributed by atoms with Gasteiger partial charge in [-0.2, -0.15) is 0 Å². The van der Waals surface area contributed by atoms with E-state index in [1.54, 1.807) is 0 Å². The van der Waals surface area contributed by atoms with Crippen molar-refractivity contribution in [2.45, 2.75) is 78.4 Å². The lowest BCUT2D eigenvalue weighted by Crippen LogP contribution is -2.40. The topological polar surface area (TPSA) is 59.0 Å². The summed E-state index contributed by atoms with van der Waals surface area (Å²) in [4.78, 5) is 15.0. The zero-order chi connectivity index (χ0) is 19.0. The van der Waals surface area contributed by atoms with Crippen LogP contribution >= 0.6 is 0 Å². The van der Waals surface area contributed by atoms with Crippen LogP contribution in [0, 0.1) is 11.3 Å². The third-order valence-corrected chi connectivity index (χ3v) is 5.38. The monoisotopic (exact) mass is 367 g/mol. The number of amides is 1. The van der Waals surface area contributed by atoms with Gasteiger partial charge in [-0.1, -0.05) is 40.0 Å². The number of likely N-dealkylation sites (tertiary alicyclic amines) is 1. The summed E-state index contributed by atoms with van der Waals surface area (Å²) in [6.45, 7) is 8.95. The normalized spacial score (nSPS) is 25.1. The quantitative estimate of drug-likeness (QED) is 0.724. The van der Waals surface area contributed by atoms with Crippen LogP contribution in [-0.2, 0) is 14.3 Å². The minimum Gasteiger partial charge on any atom is -0.459 e. The van der Waals surface area contributed by atoms with Crippen LogP contribution in [0.4, 0.5) is 0 Å².